The quantitative estimate of drug-likeness (QED) is 0.714. The van der Waals surface area contributed by atoms with Crippen molar-refractivity contribution >= 4 is 12.0 Å². The van der Waals surface area contributed by atoms with Crippen LogP contribution in [0.4, 0.5) is 4.79 Å². The number of rotatable bonds is 4. The van der Waals surface area contributed by atoms with Gasteiger partial charge in [0.2, 0.25) is 0 Å². The van der Waals surface area contributed by atoms with Crippen molar-refractivity contribution in [1.82, 2.24) is 10.6 Å². The van der Waals surface area contributed by atoms with Crippen molar-refractivity contribution in [3.05, 3.63) is 35.9 Å². The molecule has 5 nitrogen and oxygen atoms in total. The minimum absolute atomic E-state index is 0.451. The molecule has 0 fully saturated rings. The summed E-state index contributed by atoms with van der Waals surface area (Å²) >= 11 is 0. The fraction of sp³-hybridized carbons (Fsp3) is 0.273. The predicted molar refractivity (Wildman–Crippen MR) is 59.0 cm³/mol. The molecule has 2 amide bonds. The second-order valence-corrected chi connectivity index (χ2v) is 3.19. The van der Waals surface area contributed by atoms with Gasteiger partial charge in [0.05, 0.1) is 0 Å². The second-order valence-electron chi connectivity index (χ2n) is 3.19. The summed E-state index contributed by atoms with van der Waals surface area (Å²) in [5, 5.41) is 13.9. The molecule has 1 aromatic rings. The van der Waals surface area contributed by atoms with Crippen LogP contribution in [0.5, 0.6) is 0 Å². The van der Waals surface area contributed by atoms with Gasteiger partial charge in [0, 0.05) is 6.54 Å². The van der Waals surface area contributed by atoms with Crippen LogP contribution in [-0.2, 0) is 4.79 Å². The minimum Gasteiger partial charge on any atom is -0.479 e. The first-order valence-corrected chi connectivity index (χ1v) is 4.97. The van der Waals surface area contributed by atoms with E-state index in [1.54, 1.807) is 37.3 Å². The van der Waals surface area contributed by atoms with E-state index >= 15 is 0 Å². The van der Waals surface area contributed by atoms with E-state index in [1.165, 1.54) is 0 Å². The summed E-state index contributed by atoms with van der Waals surface area (Å²) < 4.78 is 0. The minimum atomic E-state index is -1.09. The van der Waals surface area contributed by atoms with E-state index in [4.69, 9.17) is 5.11 Å². The average Bonchev–Trinajstić information content (AvgIpc) is 2.27. The Morgan fingerprint density at radius 1 is 1.31 bits per heavy atom. The molecule has 0 saturated heterocycles. The van der Waals surface area contributed by atoms with Crippen molar-refractivity contribution in [2.45, 2.75) is 13.0 Å². The average molecular weight is 222 g/mol. The molecular weight excluding hydrogens is 208 g/mol. The Hall–Kier alpha value is -2.04. The molecule has 0 bridgehead atoms. The summed E-state index contributed by atoms with van der Waals surface area (Å²) in [6, 6.07) is 7.05. The maximum absolute atomic E-state index is 11.2. The third kappa shape index (κ3) is 3.27. The maximum atomic E-state index is 11.2. The molecular formula is C11H14N2O3. The summed E-state index contributed by atoms with van der Waals surface area (Å²) in [6.45, 7) is 2.21. The fourth-order valence-corrected chi connectivity index (χ4v) is 1.28. The fourth-order valence-electron chi connectivity index (χ4n) is 1.28. The Balaban J connectivity index is 2.77. The summed E-state index contributed by atoms with van der Waals surface area (Å²) in [4.78, 5) is 22.2. The lowest BCUT2D eigenvalue weighted by molar-refractivity contribution is -0.139. The molecule has 1 atom stereocenters. The van der Waals surface area contributed by atoms with E-state index in [2.05, 4.69) is 10.6 Å². The van der Waals surface area contributed by atoms with Gasteiger partial charge >= 0.3 is 12.0 Å². The number of aliphatic carboxylic acids is 1. The Labute approximate surface area is 93.5 Å². The molecule has 0 aliphatic carbocycles. The van der Waals surface area contributed by atoms with Gasteiger partial charge in [0.15, 0.2) is 6.04 Å². The van der Waals surface area contributed by atoms with Crippen LogP contribution in [0, 0.1) is 0 Å². The topological polar surface area (TPSA) is 78.4 Å². The van der Waals surface area contributed by atoms with Gasteiger partial charge in [-0.05, 0) is 12.5 Å². The largest absolute Gasteiger partial charge is 0.479 e. The monoisotopic (exact) mass is 222 g/mol. The standard InChI is InChI=1S/C11H14N2O3/c1-2-12-11(16)13-9(10(14)15)8-6-4-3-5-7-8/h3-7,9H,2H2,1H3,(H,14,15)(H2,12,13,16)/t9-/m1/s1. The van der Waals surface area contributed by atoms with Gasteiger partial charge in [0.25, 0.3) is 0 Å². The Morgan fingerprint density at radius 3 is 2.44 bits per heavy atom. The molecule has 86 valence electrons. The molecule has 0 unspecified atom stereocenters. The second kappa shape index (κ2) is 5.75. The number of urea groups is 1. The molecule has 0 aliphatic rings. The van der Waals surface area contributed by atoms with Crippen molar-refractivity contribution in [3.63, 3.8) is 0 Å². The van der Waals surface area contributed by atoms with Crippen LogP contribution < -0.4 is 10.6 Å². The first-order chi connectivity index (χ1) is 7.65. The van der Waals surface area contributed by atoms with E-state index in [1.807, 2.05) is 0 Å². The van der Waals surface area contributed by atoms with Crippen molar-refractivity contribution in [3.8, 4) is 0 Å². The lowest BCUT2D eigenvalue weighted by Gasteiger charge is -2.14. The van der Waals surface area contributed by atoms with Gasteiger partial charge in [-0.15, -0.1) is 0 Å². The van der Waals surface area contributed by atoms with Gasteiger partial charge < -0.3 is 15.7 Å². The molecule has 16 heavy (non-hydrogen) atoms. The lowest BCUT2D eigenvalue weighted by atomic mass is 10.1. The highest BCUT2D eigenvalue weighted by atomic mass is 16.4. The van der Waals surface area contributed by atoms with Crippen molar-refractivity contribution < 1.29 is 14.7 Å². The molecule has 0 radical (unpaired) electrons. The van der Waals surface area contributed by atoms with Crippen LogP contribution in [0.1, 0.15) is 18.5 Å². The van der Waals surface area contributed by atoms with Gasteiger partial charge in [-0.2, -0.15) is 0 Å². The van der Waals surface area contributed by atoms with Crippen molar-refractivity contribution in [2.24, 2.45) is 0 Å². The van der Waals surface area contributed by atoms with E-state index in [-0.39, 0.29) is 0 Å². The Kier molecular flexibility index (Phi) is 4.32. The first kappa shape index (κ1) is 12.0. The molecule has 0 spiro atoms. The van der Waals surface area contributed by atoms with E-state index < -0.39 is 18.0 Å². The van der Waals surface area contributed by atoms with Crippen molar-refractivity contribution in [1.29, 1.82) is 0 Å². The molecule has 0 heterocycles. The SMILES string of the molecule is CCNC(=O)N[C@@H](C(=O)O)c1ccccc1. The molecule has 0 saturated carbocycles. The third-order valence-electron chi connectivity index (χ3n) is 1.99. The van der Waals surface area contributed by atoms with E-state index in [9.17, 15) is 9.59 Å². The summed E-state index contributed by atoms with van der Waals surface area (Å²) in [6.07, 6.45) is 0. The van der Waals surface area contributed by atoms with Crippen LogP contribution in [0.25, 0.3) is 0 Å². The van der Waals surface area contributed by atoms with Crippen LogP contribution in [0.15, 0.2) is 30.3 Å². The number of nitrogens with one attached hydrogen (secondary N) is 2. The molecule has 0 aromatic heterocycles. The number of amides is 2. The van der Waals surface area contributed by atoms with Gasteiger partial charge in [-0.1, -0.05) is 30.3 Å². The van der Waals surface area contributed by atoms with Crippen LogP contribution >= 0.6 is 0 Å². The summed E-state index contributed by atoms with van der Waals surface area (Å²) in [7, 11) is 0. The summed E-state index contributed by atoms with van der Waals surface area (Å²) in [5.41, 5.74) is 0.543. The number of carbonyl (C=O) groups excluding carboxylic acids is 1. The number of carbonyl (C=O) groups is 2. The van der Waals surface area contributed by atoms with E-state index in [0.29, 0.717) is 12.1 Å². The zero-order valence-electron chi connectivity index (χ0n) is 8.93. The number of carboxylic acid groups (broad SMARTS) is 1. The van der Waals surface area contributed by atoms with Crippen LogP contribution in [0.3, 0.4) is 0 Å². The molecule has 1 aromatic carbocycles. The number of carboxylic acids is 1. The number of hydrogen-bond donors (Lipinski definition) is 3. The zero-order chi connectivity index (χ0) is 12.0. The Morgan fingerprint density at radius 2 is 1.94 bits per heavy atom. The normalized spacial score (nSPS) is 11.6. The molecule has 5 heteroatoms. The van der Waals surface area contributed by atoms with Crippen LogP contribution in [0.2, 0.25) is 0 Å². The lowest BCUT2D eigenvalue weighted by Crippen LogP contribution is -2.40. The third-order valence-corrected chi connectivity index (χ3v) is 1.99. The van der Waals surface area contributed by atoms with Crippen molar-refractivity contribution in [2.75, 3.05) is 6.54 Å². The zero-order valence-corrected chi connectivity index (χ0v) is 8.93. The molecule has 1 rings (SSSR count). The summed E-state index contributed by atoms with van der Waals surface area (Å²) in [5.74, 6) is -1.09. The highest BCUT2D eigenvalue weighted by Gasteiger charge is 2.21. The maximum Gasteiger partial charge on any atom is 0.330 e. The van der Waals surface area contributed by atoms with Crippen LogP contribution in [-0.4, -0.2) is 23.7 Å². The van der Waals surface area contributed by atoms with Gasteiger partial charge in [0.1, 0.15) is 0 Å². The highest BCUT2D eigenvalue weighted by molar-refractivity contribution is 5.83. The smallest absolute Gasteiger partial charge is 0.330 e. The predicted octanol–water partition coefficient (Wildman–Crippen LogP) is 1.13. The Bertz CT molecular complexity index is 365. The van der Waals surface area contributed by atoms with Gasteiger partial charge in [-0.3, -0.25) is 0 Å². The van der Waals surface area contributed by atoms with E-state index in [0.717, 1.165) is 0 Å². The molecule has 0 aliphatic heterocycles. The first-order valence-electron chi connectivity index (χ1n) is 4.97. The number of hydrogen-bond acceptors (Lipinski definition) is 2. The number of benzene rings is 1. The molecule has 3 N–H and O–H groups in total. The highest BCUT2D eigenvalue weighted by Crippen LogP contribution is 2.12. The van der Waals surface area contributed by atoms with Gasteiger partial charge in [-0.25, -0.2) is 9.59 Å².